The fourth-order valence-corrected chi connectivity index (χ4v) is 1.75. The van der Waals surface area contributed by atoms with Crippen LogP contribution in [0.4, 0.5) is 5.69 Å². The molecule has 1 unspecified atom stereocenters. The molecule has 6 heteroatoms. The lowest BCUT2D eigenvalue weighted by Crippen LogP contribution is -2.35. The summed E-state index contributed by atoms with van der Waals surface area (Å²) in [5, 5.41) is 2.69. The lowest BCUT2D eigenvalue weighted by Gasteiger charge is -2.12. The van der Waals surface area contributed by atoms with Gasteiger partial charge in [-0.3, -0.25) is 4.79 Å². The highest BCUT2D eigenvalue weighted by atomic mass is 16.5. The fourth-order valence-electron chi connectivity index (χ4n) is 1.75. The molecule has 1 aromatic carbocycles. The second-order valence-electron chi connectivity index (χ2n) is 4.53. The molecule has 0 aromatic heterocycles. The van der Waals surface area contributed by atoms with Crippen molar-refractivity contribution < 1.29 is 19.1 Å². The Morgan fingerprint density at radius 2 is 2.14 bits per heavy atom. The third kappa shape index (κ3) is 5.93. The first-order chi connectivity index (χ1) is 10.1. The van der Waals surface area contributed by atoms with Crippen molar-refractivity contribution in [3.05, 3.63) is 29.8 Å². The highest BCUT2D eigenvalue weighted by molar-refractivity contribution is 5.96. The zero-order valence-corrected chi connectivity index (χ0v) is 12.4. The molecule has 0 heterocycles. The number of esters is 1. The Bertz CT molecular complexity index is 476. The average molecular weight is 294 g/mol. The minimum Gasteiger partial charge on any atom is -0.462 e. The highest BCUT2D eigenvalue weighted by Gasteiger charge is 2.14. The van der Waals surface area contributed by atoms with Crippen LogP contribution in [-0.2, 0) is 14.3 Å². The van der Waals surface area contributed by atoms with E-state index in [9.17, 15) is 9.59 Å². The van der Waals surface area contributed by atoms with Crippen LogP contribution < -0.4 is 11.1 Å². The summed E-state index contributed by atoms with van der Waals surface area (Å²) in [5.41, 5.74) is 6.70. The van der Waals surface area contributed by atoms with E-state index in [4.69, 9.17) is 15.2 Å². The van der Waals surface area contributed by atoms with Gasteiger partial charge in [-0.05, 0) is 38.0 Å². The van der Waals surface area contributed by atoms with Gasteiger partial charge < -0.3 is 20.5 Å². The topological polar surface area (TPSA) is 90.7 Å². The summed E-state index contributed by atoms with van der Waals surface area (Å²) in [5.74, 6) is -0.704. The number of nitrogens with one attached hydrogen (secondary N) is 1. The van der Waals surface area contributed by atoms with E-state index < -0.39 is 12.0 Å². The van der Waals surface area contributed by atoms with Crippen LogP contribution >= 0.6 is 0 Å². The molecule has 0 aliphatic rings. The van der Waals surface area contributed by atoms with Crippen LogP contribution in [0.1, 0.15) is 30.1 Å². The van der Waals surface area contributed by atoms with Gasteiger partial charge in [0.15, 0.2) is 0 Å². The van der Waals surface area contributed by atoms with Crippen LogP contribution in [0.2, 0.25) is 0 Å². The Labute approximate surface area is 124 Å². The van der Waals surface area contributed by atoms with Crippen molar-refractivity contribution in [2.45, 2.75) is 25.8 Å². The molecule has 1 rings (SSSR count). The summed E-state index contributed by atoms with van der Waals surface area (Å²) in [7, 11) is 1.60. The first-order valence-corrected chi connectivity index (χ1v) is 6.91. The minimum absolute atomic E-state index is 0.285. The molecule has 0 spiro atoms. The maximum atomic E-state index is 11.9. The predicted octanol–water partition coefficient (Wildman–Crippen LogP) is 1.56. The zero-order valence-electron chi connectivity index (χ0n) is 12.4. The van der Waals surface area contributed by atoms with Crippen molar-refractivity contribution in [2.24, 2.45) is 5.73 Å². The monoisotopic (exact) mass is 294 g/mol. The van der Waals surface area contributed by atoms with Gasteiger partial charge in [-0.15, -0.1) is 0 Å². The third-order valence-electron chi connectivity index (χ3n) is 2.84. The average Bonchev–Trinajstić information content (AvgIpc) is 2.48. The zero-order chi connectivity index (χ0) is 15.7. The van der Waals surface area contributed by atoms with E-state index >= 15 is 0 Å². The molecule has 0 saturated carbocycles. The maximum Gasteiger partial charge on any atom is 0.338 e. The van der Waals surface area contributed by atoms with Gasteiger partial charge in [0, 0.05) is 19.4 Å². The molecule has 0 fully saturated rings. The molecule has 1 amide bonds. The number of carbonyl (C=O) groups is 2. The Morgan fingerprint density at radius 1 is 1.38 bits per heavy atom. The second kappa shape index (κ2) is 9.10. The van der Waals surface area contributed by atoms with Gasteiger partial charge in [0.2, 0.25) is 5.91 Å². The Kier molecular flexibility index (Phi) is 7.42. The molecule has 3 N–H and O–H groups in total. The Hall–Kier alpha value is -1.92. The molecule has 6 nitrogen and oxygen atoms in total. The smallest absolute Gasteiger partial charge is 0.338 e. The number of carbonyl (C=O) groups excluding carboxylic acids is 2. The molecule has 21 heavy (non-hydrogen) atoms. The third-order valence-corrected chi connectivity index (χ3v) is 2.84. The maximum absolute atomic E-state index is 11.9. The first kappa shape index (κ1) is 17.1. The van der Waals surface area contributed by atoms with Crippen LogP contribution in [0.3, 0.4) is 0 Å². The van der Waals surface area contributed by atoms with Crippen LogP contribution in [0.25, 0.3) is 0 Å². The molecule has 0 aliphatic carbocycles. The van der Waals surface area contributed by atoms with Gasteiger partial charge in [-0.2, -0.15) is 0 Å². The quantitative estimate of drug-likeness (QED) is 0.561. The van der Waals surface area contributed by atoms with Crippen LogP contribution in [-0.4, -0.2) is 38.2 Å². The van der Waals surface area contributed by atoms with Crippen molar-refractivity contribution in [3.63, 3.8) is 0 Å². The van der Waals surface area contributed by atoms with Gasteiger partial charge in [0.1, 0.15) is 0 Å². The van der Waals surface area contributed by atoms with E-state index in [1.54, 1.807) is 38.3 Å². The molecule has 0 radical (unpaired) electrons. The summed E-state index contributed by atoms with van der Waals surface area (Å²) in [4.78, 5) is 23.5. The fraction of sp³-hybridized carbons (Fsp3) is 0.467. The Morgan fingerprint density at radius 3 is 2.81 bits per heavy atom. The largest absolute Gasteiger partial charge is 0.462 e. The summed E-state index contributed by atoms with van der Waals surface area (Å²) in [6.45, 7) is 2.61. The van der Waals surface area contributed by atoms with Gasteiger partial charge in [0.05, 0.1) is 18.2 Å². The Balaban J connectivity index is 2.59. The van der Waals surface area contributed by atoms with E-state index in [0.29, 0.717) is 37.3 Å². The number of ether oxygens (including phenoxy) is 2. The van der Waals surface area contributed by atoms with E-state index in [2.05, 4.69) is 5.32 Å². The minimum atomic E-state index is -0.605. The molecule has 0 aliphatic heterocycles. The molecule has 116 valence electrons. The lowest BCUT2D eigenvalue weighted by atomic mass is 10.1. The molecule has 0 bridgehead atoms. The van der Waals surface area contributed by atoms with Crippen LogP contribution in [0, 0.1) is 0 Å². The SMILES string of the molecule is CCOC(=O)c1cccc(NC(=O)C(N)CCCOC)c1. The van der Waals surface area contributed by atoms with E-state index in [1.807, 2.05) is 0 Å². The van der Waals surface area contributed by atoms with Gasteiger partial charge >= 0.3 is 5.97 Å². The van der Waals surface area contributed by atoms with Crippen molar-refractivity contribution in [1.29, 1.82) is 0 Å². The summed E-state index contributed by atoms with van der Waals surface area (Å²) < 4.78 is 9.83. The standard InChI is InChI=1S/C15H22N2O4/c1-3-21-15(19)11-6-4-7-12(10-11)17-14(18)13(16)8-5-9-20-2/h4,6-7,10,13H,3,5,8-9,16H2,1-2H3,(H,17,18). The van der Waals surface area contributed by atoms with Crippen molar-refractivity contribution in [1.82, 2.24) is 0 Å². The lowest BCUT2D eigenvalue weighted by molar-refractivity contribution is -0.117. The number of benzene rings is 1. The molecular weight excluding hydrogens is 272 g/mol. The first-order valence-electron chi connectivity index (χ1n) is 6.91. The van der Waals surface area contributed by atoms with E-state index in [0.717, 1.165) is 0 Å². The molecule has 1 atom stereocenters. The van der Waals surface area contributed by atoms with Crippen molar-refractivity contribution in [2.75, 3.05) is 25.6 Å². The summed E-state index contributed by atoms with van der Waals surface area (Å²) >= 11 is 0. The van der Waals surface area contributed by atoms with Gasteiger partial charge in [-0.1, -0.05) is 6.07 Å². The van der Waals surface area contributed by atoms with Crippen LogP contribution in [0.5, 0.6) is 0 Å². The van der Waals surface area contributed by atoms with Gasteiger partial charge in [0.25, 0.3) is 0 Å². The number of hydrogen-bond donors (Lipinski definition) is 2. The van der Waals surface area contributed by atoms with Crippen LogP contribution in [0.15, 0.2) is 24.3 Å². The second-order valence-corrected chi connectivity index (χ2v) is 4.53. The number of methoxy groups -OCH3 is 1. The van der Waals surface area contributed by atoms with Crippen molar-refractivity contribution >= 4 is 17.6 Å². The normalized spacial score (nSPS) is 11.8. The molecule has 1 aromatic rings. The summed E-state index contributed by atoms with van der Waals surface area (Å²) in [6.07, 6.45) is 1.26. The predicted molar refractivity (Wildman–Crippen MR) is 80.1 cm³/mol. The van der Waals surface area contributed by atoms with Gasteiger partial charge in [-0.25, -0.2) is 4.79 Å². The number of hydrogen-bond acceptors (Lipinski definition) is 5. The van der Waals surface area contributed by atoms with Crippen molar-refractivity contribution in [3.8, 4) is 0 Å². The highest BCUT2D eigenvalue weighted by Crippen LogP contribution is 2.12. The molecular formula is C15H22N2O4. The summed E-state index contributed by atoms with van der Waals surface area (Å²) in [6, 6.07) is 5.97. The number of rotatable bonds is 8. The number of anilines is 1. The van der Waals surface area contributed by atoms with E-state index in [1.165, 1.54) is 0 Å². The number of amides is 1. The molecule has 0 saturated heterocycles. The van der Waals surface area contributed by atoms with E-state index in [-0.39, 0.29) is 5.91 Å². The number of nitrogens with two attached hydrogens (primary N) is 1.